The third kappa shape index (κ3) is 2.29. The van der Waals surface area contributed by atoms with Crippen LogP contribution in [0.15, 0.2) is 17.0 Å². The zero-order valence-electron chi connectivity index (χ0n) is 8.84. The van der Waals surface area contributed by atoms with Crippen LogP contribution in [-0.2, 0) is 20.3 Å². The van der Waals surface area contributed by atoms with E-state index in [1.807, 2.05) is 0 Å². The number of nitro benzene ring substituents is 1. The Morgan fingerprint density at radius 1 is 1.33 bits per heavy atom. The Bertz CT molecular complexity index is 655. The molecule has 7 nitrogen and oxygen atoms in total. The maximum atomic E-state index is 11.3. The molecule has 0 aliphatic carbocycles. The lowest BCUT2D eigenvalue weighted by Gasteiger charge is -2.17. The normalized spacial score (nSPS) is 14.8. The summed E-state index contributed by atoms with van der Waals surface area (Å²) in [5.41, 5.74) is 0.118. The first-order chi connectivity index (χ1) is 8.29. The number of aryl methyl sites for hydroxylation is 1. The molecule has 9 heteroatoms. The van der Waals surface area contributed by atoms with E-state index in [9.17, 15) is 23.3 Å². The number of fused-ring (bicyclic) bond motifs is 1. The summed E-state index contributed by atoms with van der Waals surface area (Å²) in [6.07, 6.45) is 0.519. The minimum Gasteiger partial charge on any atom is -0.326 e. The summed E-state index contributed by atoms with van der Waals surface area (Å²) >= 11 is 0. The summed E-state index contributed by atoms with van der Waals surface area (Å²) in [6.45, 7) is 0. The van der Waals surface area contributed by atoms with Gasteiger partial charge in [0.2, 0.25) is 5.91 Å². The van der Waals surface area contributed by atoms with Gasteiger partial charge < -0.3 is 5.32 Å². The molecular weight excluding hydrogens is 284 g/mol. The lowest BCUT2D eigenvalue weighted by atomic mass is 10.0. The number of hydrogen-bond donors (Lipinski definition) is 1. The standard InChI is InChI=1S/C9H7ClN2O5S/c10-18(16,17)8-3-5-1-2-9(13)11-6(5)4-7(8)12(14)15/h3-4H,1-2H2,(H,11,13). The number of carbonyl (C=O) groups excluding carboxylic acids is 1. The molecule has 1 heterocycles. The van der Waals surface area contributed by atoms with Gasteiger partial charge in [-0.05, 0) is 18.1 Å². The second-order valence-electron chi connectivity index (χ2n) is 3.72. The molecular formula is C9H7ClN2O5S. The Labute approximate surface area is 106 Å². The first kappa shape index (κ1) is 12.8. The van der Waals surface area contributed by atoms with Crippen LogP contribution in [0.1, 0.15) is 12.0 Å². The molecule has 1 amide bonds. The van der Waals surface area contributed by atoms with Gasteiger partial charge in [-0.2, -0.15) is 0 Å². The van der Waals surface area contributed by atoms with E-state index < -0.39 is 24.6 Å². The predicted molar refractivity (Wildman–Crippen MR) is 63.1 cm³/mol. The number of hydrogen-bond acceptors (Lipinski definition) is 5. The summed E-state index contributed by atoms with van der Waals surface area (Å²) in [7, 11) is 0.952. The lowest BCUT2D eigenvalue weighted by molar-refractivity contribution is -0.387. The highest BCUT2D eigenvalue weighted by atomic mass is 35.7. The fourth-order valence-corrected chi connectivity index (χ4v) is 2.77. The second kappa shape index (κ2) is 4.21. The number of amides is 1. The van der Waals surface area contributed by atoms with Gasteiger partial charge in [0.15, 0.2) is 4.90 Å². The molecule has 0 atom stereocenters. The van der Waals surface area contributed by atoms with E-state index in [1.165, 1.54) is 0 Å². The summed E-state index contributed by atoms with van der Waals surface area (Å²) in [6, 6.07) is 2.15. The van der Waals surface area contributed by atoms with Crippen LogP contribution in [0.4, 0.5) is 11.4 Å². The number of anilines is 1. The van der Waals surface area contributed by atoms with E-state index in [0.29, 0.717) is 12.0 Å². The second-order valence-corrected chi connectivity index (χ2v) is 6.25. The third-order valence-electron chi connectivity index (χ3n) is 2.54. The predicted octanol–water partition coefficient (Wildman–Crippen LogP) is 1.41. The number of nitro groups is 1. The van der Waals surface area contributed by atoms with E-state index in [2.05, 4.69) is 5.32 Å². The maximum absolute atomic E-state index is 11.3. The largest absolute Gasteiger partial charge is 0.326 e. The molecule has 0 saturated carbocycles. The van der Waals surface area contributed by atoms with Crippen LogP contribution < -0.4 is 5.32 Å². The Morgan fingerprint density at radius 3 is 2.56 bits per heavy atom. The highest BCUT2D eigenvalue weighted by molar-refractivity contribution is 8.13. The topological polar surface area (TPSA) is 106 Å². The van der Waals surface area contributed by atoms with Crippen LogP contribution in [-0.4, -0.2) is 19.2 Å². The van der Waals surface area contributed by atoms with Gasteiger partial charge in [0.05, 0.1) is 10.6 Å². The van der Waals surface area contributed by atoms with Crippen molar-refractivity contribution in [1.29, 1.82) is 0 Å². The van der Waals surface area contributed by atoms with Crippen LogP contribution in [0.25, 0.3) is 0 Å². The molecule has 0 radical (unpaired) electrons. The summed E-state index contributed by atoms with van der Waals surface area (Å²) < 4.78 is 22.6. The molecule has 0 saturated heterocycles. The average molecular weight is 291 g/mol. The highest BCUT2D eigenvalue weighted by Gasteiger charge is 2.28. The summed E-state index contributed by atoms with van der Waals surface area (Å²) in [5.74, 6) is -0.265. The van der Waals surface area contributed by atoms with Gasteiger partial charge in [-0.3, -0.25) is 14.9 Å². The minimum atomic E-state index is -4.21. The van der Waals surface area contributed by atoms with Crippen molar-refractivity contribution < 1.29 is 18.1 Å². The van der Waals surface area contributed by atoms with Crippen LogP contribution in [0, 0.1) is 10.1 Å². The van der Waals surface area contributed by atoms with E-state index in [-0.39, 0.29) is 18.0 Å². The van der Waals surface area contributed by atoms with E-state index in [1.54, 1.807) is 0 Å². The van der Waals surface area contributed by atoms with Gasteiger partial charge in [0, 0.05) is 23.2 Å². The monoisotopic (exact) mass is 290 g/mol. The molecule has 0 bridgehead atoms. The molecule has 1 aliphatic heterocycles. The highest BCUT2D eigenvalue weighted by Crippen LogP contribution is 2.34. The number of nitrogens with zero attached hydrogens (tertiary/aromatic N) is 1. The van der Waals surface area contributed by atoms with Gasteiger partial charge in [0.25, 0.3) is 14.7 Å². The summed E-state index contributed by atoms with van der Waals surface area (Å²) in [4.78, 5) is 20.6. The lowest BCUT2D eigenvalue weighted by Crippen LogP contribution is -2.19. The van der Waals surface area contributed by atoms with Gasteiger partial charge in [-0.15, -0.1) is 0 Å². The Morgan fingerprint density at radius 2 is 2.00 bits per heavy atom. The fraction of sp³-hybridized carbons (Fsp3) is 0.222. The van der Waals surface area contributed by atoms with Gasteiger partial charge >= 0.3 is 0 Å². The zero-order valence-corrected chi connectivity index (χ0v) is 10.4. The fourth-order valence-electron chi connectivity index (χ4n) is 1.73. The first-order valence-electron chi connectivity index (χ1n) is 4.85. The van der Waals surface area contributed by atoms with Crippen molar-refractivity contribution in [3.63, 3.8) is 0 Å². The number of rotatable bonds is 2. The minimum absolute atomic E-state index is 0.201. The zero-order chi connectivity index (χ0) is 13.5. The molecule has 1 N–H and O–H groups in total. The quantitative estimate of drug-likeness (QED) is 0.503. The number of nitrogens with one attached hydrogen (secondary N) is 1. The molecule has 1 aromatic carbocycles. The van der Waals surface area contributed by atoms with E-state index in [4.69, 9.17) is 10.7 Å². The Kier molecular flexibility index (Phi) is 2.99. The molecule has 96 valence electrons. The van der Waals surface area contributed by atoms with Crippen molar-refractivity contribution in [2.24, 2.45) is 0 Å². The van der Waals surface area contributed by atoms with Crippen molar-refractivity contribution in [2.45, 2.75) is 17.7 Å². The van der Waals surface area contributed by atoms with E-state index >= 15 is 0 Å². The van der Waals surface area contributed by atoms with Crippen molar-refractivity contribution in [1.82, 2.24) is 0 Å². The molecule has 1 aliphatic rings. The maximum Gasteiger partial charge on any atom is 0.291 e. The number of carbonyl (C=O) groups is 1. The molecule has 0 spiro atoms. The van der Waals surface area contributed by atoms with Crippen molar-refractivity contribution >= 4 is 37.0 Å². The molecule has 18 heavy (non-hydrogen) atoms. The first-order valence-corrected chi connectivity index (χ1v) is 7.16. The van der Waals surface area contributed by atoms with Crippen molar-refractivity contribution in [3.8, 4) is 0 Å². The SMILES string of the molecule is O=C1CCc2cc(S(=O)(=O)Cl)c([N+](=O)[O-])cc2N1. The van der Waals surface area contributed by atoms with Crippen molar-refractivity contribution in [2.75, 3.05) is 5.32 Å². The number of benzene rings is 1. The summed E-state index contributed by atoms with van der Waals surface area (Å²) in [5, 5.41) is 13.3. The van der Waals surface area contributed by atoms with Gasteiger partial charge in [0.1, 0.15) is 0 Å². The smallest absolute Gasteiger partial charge is 0.291 e. The van der Waals surface area contributed by atoms with Gasteiger partial charge in [-0.25, -0.2) is 8.42 Å². The molecule has 0 unspecified atom stereocenters. The van der Waals surface area contributed by atoms with E-state index in [0.717, 1.165) is 12.1 Å². The van der Waals surface area contributed by atoms with Crippen LogP contribution >= 0.6 is 10.7 Å². The molecule has 0 fully saturated rings. The Balaban J connectivity index is 2.69. The number of halogens is 1. The average Bonchev–Trinajstić information content (AvgIpc) is 2.25. The molecule has 1 aromatic rings. The third-order valence-corrected chi connectivity index (χ3v) is 3.89. The van der Waals surface area contributed by atoms with Crippen LogP contribution in [0.5, 0.6) is 0 Å². The van der Waals surface area contributed by atoms with Gasteiger partial charge in [-0.1, -0.05) is 0 Å². The van der Waals surface area contributed by atoms with Crippen LogP contribution in [0.3, 0.4) is 0 Å². The van der Waals surface area contributed by atoms with Crippen LogP contribution in [0.2, 0.25) is 0 Å². The molecule has 2 rings (SSSR count). The van der Waals surface area contributed by atoms with Crippen molar-refractivity contribution in [3.05, 3.63) is 27.8 Å². The Hall–Kier alpha value is -1.67. The molecule has 0 aromatic heterocycles.